The Kier molecular flexibility index (Phi) is 7.90. The second-order valence-corrected chi connectivity index (χ2v) is 8.50. The molecule has 0 radical (unpaired) electrons. The predicted molar refractivity (Wildman–Crippen MR) is 113 cm³/mol. The van der Waals surface area contributed by atoms with Gasteiger partial charge in [0, 0.05) is 12.6 Å². The average Bonchev–Trinajstić information content (AvgIpc) is 2.72. The third-order valence-electron chi connectivity index (χ3n) is 4.38. The van der Waals surface area contributed by atoms with Crippen LogP contribution in [0.3, 0.4) is 0 Å². The van der Waals surface area contributed by atoms with Crippen molar-refractivity contribution in [1.82, 2.24) is 5.32 Å². The van der Waals surface area contributed by atoms with E-state index in [9.17, 15) is 13.2 Å². The van der Waals surface area contributed by atoms with E-state index < -0.39 is 9.84 Å². The summed E-state index contributed by atoms with van der Waals surface area (Å²) in [4.78, 5) is 12.2. The van der Waals surface area contributed by atoms with E-state index in [-0.39, 0.29) is 22.2 Å². The second-order valence-electron chi connectivity index (χ2n) is 6.58. The van der Waals surface area contributed by atoms with Gasteiger partial charge in [-0.3, -0.25) is 4.79 Å². The highest BCUT2D eigenvalue weighted by Crippen LogP contribution is 2.34. The lowest BCUT2D eigenvalue weighted by Crippen LogP contribution is -2.30. The molecule has 0 bridgehead atoms. The van der Waals surface area contributed by atoms with Gasteiger partial charge in [-0.1, -0.05) is 19.4 Å². The average molecular weight is 421 g/mol. The van der Waals surface area contributed by atoms with Gasteiger partial charge < -0.3 is 20.1 Å². The number of hydrogen-bond acceptors (Lipinski definition) is 6. The van der Waals surface area contributed by atoms with Crippen molar-refractivity contribution in [2.75, 3.05) is 32.6 Å². The summed E-state index contributed by atoms with van der Waals surface area (Å²) < 4.78 is 37.0. The molecule has 158 valence electrons. The first-order valence-electron chi connectivity index (χ1n) is 9.41. The monoisotopic (exact) mass is 420 g/mol. The van der Waals surface area contributed by atoms with Crippen molar-refractivity contribution in [2.24, 2.45) is 0 Å². The highest BCUT2D eigenvalue weighted by molar-refractivity contribution is 7.91. The van der Waals surface area contributed by atoms with Crippen LogP contribution in [0.25, 0.3) is 0 Å². The van der Waals surface area contributed by atoms with Gasteiger partial charge in [-0.2, -0.15) is 0 Å². The number of sulfone groups is 1. The van der Waals surface area contributed by atoms with E-state index in [0.717, 1.165) is 18.4 Å². The van der Waals surface area contributed by atoms with E-state index >= 15 is 0 Å². The topological polar surface area (TPSA) is 93.7 Å². The first kappa shape index (κ1) is 22.5. The quantitative estimate of drug-likeness (QED) is 0.574. The minimum Gasteiger partial charge on any atom is -0.493 e. The summed E-state index contributed by atoms with van der Waals surface area (Å²) in [6.45, 7) is 4.44. The lowest BCUT2D eigenvalue weighted by atomic mass is 10.2. The number of nitrogens with one attached hydrogen (secondary N) is 2. The Hall–Kier alpha value is -2.74. The molecule has 0 unspecified atom stereocenters. The Morgan fingerprint density at radius 3 is 2.41 bits per heavy atom. The summed E-state index contributed by atoms with van der Waals surface area (Å²) in [5.74, 6) is 0.581. The maximum atomic E-state index is 13.3. The Balaban J connectivity index is 2.33. The summed E-state index contributed by atoms with van der Waals surface area (Å²) in [7, 11) is -0.913. The molecule has 0 heterocycles. The molecule has 2 aromatic carbocycles. The van der Waals surface area contributed by atoms with Crippen molar-refractivity contribution in [2.45, 2.75) is 36.5 Å². The first-order valence-corrected chi connectivity index (χ1v) is 10.9. The largest absolute Gasteiger partial charge is 0.493 e. The molecule has 1 amide bonds. The fraction of sp³-hybridized carbons (Fsp3) is 0.381. The molecule has 2 rings (SSSR count). The number of ether oxygens (including phenoxy) is 2. The molecule has 2 N–H and O–H groups in total. The van der Waals surface area contributed by atoms with Gasteiger partial charge in [-0.15, -0.1) is 0 Å². The molecule has 0 aliphatic carbocycles. The zero-order valence-corrected chi connectivity index (χ0v) is 18.1. The van der Waals surface area contributed by atoms with Crippen LogP contribution in [0.5, 0.6) is 11.5 Å². The SMILES string of the molecule is CCCCNC(=O)CNc1ccc(C)cc1S(=O)(=O)c1ccc(OC)c(OC)c1. The molecule has 0 aliphatic heterocycles. The zero-order chi connectivity index (χ0) is 21.4. The molecule has 7 nitrogen and oxygen atoms in total. The Morgan fingerprint density at radius 1 is 1.03 bits per heavy atom. The van der Waals surface area contributed by atoms with Gasteiger partial charge in [-0.25, -0.2) is 8.42 Å². The van der Waals surface area contributed by atoms with Crippen molar-refractivity contribution < 1.29 is 22.7 Å². The van der Waals surface area contributed by atoms with Crippen LogP contribution < -0.4 is 20.1 Å². The number of hydrogen-bond donors (Lipinski definition) is 2. The van der Waals surface area contributed by atoms with E-state index in [1.165, 1.54) is 26.4 Å². The van der Waals surface area contributed by atoms with Crippen LogP contribution in [0.1, 0.15) is 25.3 Å². The van der Waals surface area contributed by atoms with Gasteiger partial charge in [0.25, 0.3) is 0 Å². The van der Waals surface area contributed by atoms with Crippen LogP contribution in [0, 0.1) is 6.92 Å². The Morgan fingerprint density at radius 2 is 1.76 bits per heavy atom. The molecule has 0 fully saturated rings. The first-order chi connectivity index (χ1) is 13.8. The summed E-state index contributed by atoms with van der Waals surface area (Å²) in [5.41, 5.74) is 1.16. The minimum atomic E-state index is -3.85. The van der Waals surface area contributed by atoms with E-state index in [1.807, 2.05) is 13.8 Å². The standard InChI is InChI=1S/C21H28N2O5S/c1-5-6-11-22-21(24)14-23-17-9-7-15(2)12-20(17)29(25,26)16-8-10-18(27-3)19(13-16)28-4/h7-10,12-13,23H,5-6,11,14H2,1-4H3,(H,22,24). The minimum absolute atomic E-state index is 0.0127. The third kappa shape index (κ3) is 5.63. The summed E-state index contributed by atoms with van der Waals surface area (Å²) >= 11 is 0. The third-order valence-corrected chi connectivity index (χ3v) is 6.18. The smallest absolute Gasteiger partial charge is 0.239 e. The molecular weight excluding hydrogens is 392 g/mol. The van der Waals surface area contributed by atoms with E-state index in [4.69, 9.17) is 9.47 Å². The highest BCUT2D eigenvalue weighted by Gasteiger charge is 2.23. The van der Waals surface area contributed by atoms with Gasteiger partial charge in [-0.05, 0) is 43.2 Å². The van der Waals surface area contributed by atoms with E-state index in [1.54, 1.807) is 24.3 Å². The molecule has 0 saturated carbocycles. The van der Waals surface area contributed by atoms with Crippen LogP contribution in [0.15, 0.2) is 46.2 Å². The normalized spacial score (nSPS) is 11.0. The number of carbonyl (C=O) groups is 1. The summed E-state index contributed by atoms with van der Waals surface area (Å²) in [5, 5.41) is 5.75. The van der Waals surface area contributed by atoms with Crippen LogP contribution in [0.4, 0.5) is 5.69 Å². The number of rotatable bonds is 10. The fourth-order valence-electron chi connectivity index (χ4n) is 2.75. The molecule has 8 heteroatoms. The van der Waals surface area contributed by atoms with Gasteiger partial charge in [0.2, 0.25) is 15.7 Å². The zero-order valence-electron chi connectivity index (χ0n) is 17.2. The lowest BCUT2D eigenvalue weighted by molar-refractivity contribution is -0.119. The number of carbonyl (C=O) groups excluding carboxylic acids is 1. The second kappa shape index (κ2) is 10.2. The molecule has 0 saturated heterocycles. The van der Waals surface area contributed by atoms with Gasteiger partial charge in [0.05, 0.1) is 36.2 Å². The number of amides is 1. The van der Waals surface area contributed by atoms with Crippen molar-refractivity contribution in [3.63, 3.8) is 0 Å². The lowest BCUT2D eigenvalue weighted by Gasteiger charge is -2.15. The molecule has 2 aromatic rings. The van der Waals surface area contributed by atoms with E-state index in [0.29, 0.717) is 23.7 Å². The van der Waals surface area contributed by atoms with Crippen LogP contribution in [-0.2, 0) is 14.6 Å². The van der Waals surface area contributed by atoms with Crippen molar-refractivity contribution >= 4 is 21.4 Å². The number of anilines is 1. The van der Waals surface area contributed by atoms with Gasteiger partial charge >= 0.3 is 0 Å². The van der Waals surface area contributed by atoms with Gasteiger partial charge in [0.1, 0.15) is 0 Å². The molecule has 0 aromatic heterocycles. The van der Waals surface area contributed by atoms with Gasteiger partial charge in [0.15, 0.2) is 11.5 Å². The highest BCUT2D eigenvalue weighted by atomic mass is 32.2. The molecule has 29 heavy (non-hydrogen) atoms. The van der Waals surface area contributed by atoms with Crippen LogP contribution in [0.2, 0.25) is 0 Å². The van der Waals surface area contributed by atoms with E-state index in [2.05, 4.69) is 10.6 Å². The summed E-state index contributed by atoms with van der Waals surface area (Å²) in [6.07, 6.45) is 1.88. The fourth-order valence-corrected chi connectivity index (χ4v) is 4.29. The van der Waals surface area contributed by atoms with Crippen molar-refractivity contribution in [3.8, 4) is 11.5 Å². The van der Waals surface area contributed by atoms with Crippen molar-refractivity contribution in [3.05, 3.63) is 42.0 Å². The Labute approximate surface area is 172 Å². The molecule has 0 aliphatic rings. The van der Waals surface area contributed by atoms with Crippen LogP contribution >= 0.6 is 0 Å². The maximum absolute atomic E-state index is 13.3. The maximum Gasteiger partial charge on any atom is 0.239 e. The summed E-state index contributed by atoms with van der Waals surface area (Å²) in [6, 6.07) is 9.50. The molecular formula is C21H28N2O5S. The number of methoxy groups -OCH3 is 2. The number of benzene rings is 2. The molecule has 0 atom stereocenters. The number of unbranched alkanes of at least 4 members (excludes halogenated alkanes) is 1. The number of aryl methyl sites for hydroxylation is 1. The van der Waals surface area contributed by atoms with Crippen LogP contribution in [-0.4, -0.2) is 41.6 Å². The predicted octanol–water partition coefficient (Wildman–Crippen LogP) is 3.17. The van der Waals surface area contributed by atoms with Crippen molar-refractivity contribution in [1.29, 1.82) is 0 Å². The Bertz CT molecular complexity index is 958. The molecule has 0 spiro atoms.